The molecule has 3 nitrogen and oxygen atoms in total. The molecule has 1 N–H and O–H groups in total. The molecule has 0 fully saturated rings. The third-order valence-corrected chi connectivity index (χ3v) is 3.28. The Kier molecular flexibility index (Phi) is 9.35. The summed E-state index contributed by atoms with van der Waals surface area (Å²) in [4.78, 5) is 2.41. The van der Waals surface area contributed by atoms with Crippen LogP contribution in [0, 0.1) is 11.8 Å². The Hall–Kier alpha value is -1.50. The van der Waals surface area contributed by atoms with Gasteiger partial charge in [-0.25, -0.2) is 0 Å². The number of likely N-dealkylation sites (N-methyl/N-ethyl adjacent to an activating group) is 1. The van der Waals surface area contributed by atoms with Crippen LogP contribution < -0.4 is 4.74 Å². The van der Waals surface area contributed by atoms with Crippen molar-refractivity contribution >= 4 is 0 Å². The van der Waals surface area contributed by atoms with E-state index in [9.17, 15) is 0 Å². The average molecular weight is 289 g/mol. The van der Waals surface area contributed by atoms with E-state index in [1.54, 1.807) is 0 Å². The number of rotatable bonds is 9. The molecule has 0 aromatic heterocycles. The molecule has 0 bridgehead atoms. The van der Waals surface area contributed by atoms with E-state index in [-0.39, 0.29) is 6.61 Å². The molecule has 1 aromatic carbocycles. The molecular weight excluding hydrogens is 262 g/mol. The number of ether oxygens (including phenoxy) is 1. The molecular formula is C18H27NO2. The maximum atomic E-state index is 8.68. The second-order valence-electron chi connectivity index (χ2n) is 4.94. The minimum atomic E-state index is 0.111. The Morgan fingerprint density at radius 3 is 2.52 bits per heavy atom. The molecule has 0 aliphatic heterocycles. The summed E-state index contributed by atoms with van der Waals surface area (Å²) in [5, 5.41) is 8.68. The Morgan fingerprint density at radius 2 is 1.90 bits per heavy atom. The van der Waals surface area contributed by atoms with Gasteiger partial charge in [-0.3, -0.25) is 0 Å². The summed E-state index contributed by atoms with van der Waals surface area (Å²) in [6.07, 6.45) is 2.99. The van der Waals surface area contributed by atoms with E-state index in [4.69, 9.17) is 9.84 Å². The number of aliphatic hydroxyl groups is 1. The minimum Gasteiger partial charge on any atom is -0.492 e. The third kappa shape index (κ3) is 7.75. The zero-order valence-corrected chi connectivity index (χ0v) is 13.3. The predicted octanol–water partition coefficient (Wildman–Crippen LogP) is 2.92. The summed E-state index contributed by atoms with van der Waals surface area (Å²) in [6.45, 7) is 8.42. The van der Waals surface area contributed by atoms with Crippen LogP contribution in [0.3, 0.4) is 0 Å². The Balaban J connectivity index is 2.34. The van der Waals surface area contributed by atoms with E-state index in [0.29, 0.717) is 13.0 Å². The van der Waals surface area contributed by atoms with E-state index in [1.165, 1.54) is 12.8 Å². The lowest BCUT2D eigenvalue weighted by Crippen LogP contribution is -2.29. The van der Waals surface area contributed by atoms with E-state index >= 15 is 0 Å². The normalized spacial score (nSPS) is 10.3. The van der Waals surface area contributed by atoms with Gasteiger partial charge in [0.15, 0.2) is 0 Å². The number of benzene rings is 1. The molecule has 116 valence electrons. The maximum Gasteiger partial charge on any atom is 0.119 e. The number of unbranched alkanes of at least 4 members (excludes halogenated alkanes) is 1. The summed E-state index contributed by atoms with van der Waals surface area (Å²) in [7, 11) is 0. The van der Waals surface area contributed by atoms with E-state index in [1.807, 2.05) is 24.3 Å². The van der Waals surface area contributed by atoms with Gasteiger partial charge in [0.2, 0.25) is 0 Å². The highest BCUT2D eigenvalue weighted by Crippen LogP contribution is 2.11. The van der Waals surface area contributed by atoms with E-state index in [2.05, 4.69) is 30.6 Å². The second-order valence-corrected chi connectivity index (χ2v) is 4.94. The highest BCUT2D eigenvalue weighted by atomic mass is 16.5. The van der Waals surface area contributed by atoms with Crippen molar-refractivity contribution < 1.29 is 9.84 Å². The summed E-state index contributed by atoms with van der Waals surface area (Å²) < 4.78 is 5.77. The average Bonchev–Trinajstić information content (AvgIpc) is 2.52. The standard InChI is InChI=1S/C18H27NO2/c1-3-5-13-19(4-2)14-16-21-18-11-9-17(10-12-18)8-6-7-15-20/h9-12,20H,3-5,7,13-16H2,1-2H3. The van der Waals surface area contributed by atoms with E-state index in [0.717, 1.165) is 30.9 Å². The van der Waals surface area contributed by atoms with Gasteiger partial charge in [0.1, 0.15) is 12.4 Å². The van der Waals surface area contributed by atoms with Crippen molar-refractivity contribution in [2.24, 2.45) is 0 Å². The smallest absolute Gasteiger partial charge is 0.119 e. The SMILES string of the molecule is CCCCN(CC)CCOc1ccc(C#CCCO)cc1. The molecule has 0 aliphatic carbocycles. The molecule has 0 radical (unpaired) electrons. The molecule has 1 rings (SSSR count). The van der Waals surface area contributed by atoms with Gasteiger partial charge in [-0.15, -0.1) is 0 Å². The largest absolute Gasteiger partial charge is 0.492 e. The van der Waals surface area contributed by atoms with Gasteiger partial charge >= 0.3 is 0 Å². The van der Waals surface area contributed by atoms with Gasteiger partial charge < -0.3 is 14.7 Å². The van der Waals surface area contributed by atoms with Crippen LogP contribution in [-0.4, -0.2) is 42.9 Å². The highest BCUT2D eigenvalue weighted by molar-refractivity contribution is 5.38. The molecule has 1 aromatic rings. The van der Waals surface area contributed by atoms with Crippen LogP contribution in [0.1, 0.15) is 38.7 Å². The van der Waals surface area contributed by atoms with Crippen LogP contribution in [0.4, 0.5) is 0 Å². The first-order chi connectivity index (χ1) is 10.3. The quantitative estimate of drug-likeness (QED) is 0.710. The zero-order chi connectivity index (χ0) is 15.3. The monoisotopic (exact) mass is 289 g/mol. The van der Waals surface area contributed by atoms with Crippen LogP contribution in [-0.2, 0) is 0 Å². The first kappa shape index (κ1) is 17.6. The molecule has 3 heteroatoms. The molecule has 0 heterocycles. The van der Waals surface area contributed by atoms with Crippen LogP contribution in [0.15, 0.2) is 24.3 Å². The maximum absolute atomic E-state index is 8.68. The lowest BCUT2D eigenvalue weighted by Gasteiger charge is -2.20. The number of hydrogen-bond acceptors (Lipinski definition) is 3. The predicted molar refractivity (Wildman–Crippen MR) is 87.5 cm³/mol. The summed E-state index contributed by atoms with van der Waals surface area (Å²) in [5.41, 5.74) is 0.953. The van der Waals surface area contributed by atoms with Crippen LogP contribution in [0.2, 0.25) is 0 Å². The van der Waals surface area contributed by atoms with Crippen molar-refractivity contribution in [3.63, 3.8) is 0 Å². The number of nitrogens with zero attached hydrogens (tertiary/aromatic N) is 1. The van der Waals surface area contributed by atoms with Crippen molar-refractivity contribution in [2.45, 2.75) is 33.1 Å². The van der Waals surface area contributed by atoms with Crippen LogP contribution in [0.25, 0.3) is 0 Å². The van der Waals surface area contributed by atoms with Gasteiger partial charge in [-0.2, -0.15) is 0 Å². The summed E-state index contributed by atoms with van der Waals surface area (Å²) in [6, 6.07) is 7.80. The van der Waals surface area contributed by atoms with Crippen molar-refractivity contribution in [2.75, 3.05) is 32.8 Å². The van der Waals surface area contributed by atoms with Gasteiger partial charge in [-0.1, -0.05) is 32.1 Å². The first-order valence-electron chi connectivity index (χ1n) is 7.85. The van der Waals surface area contributed by atoms with Crippen molar-refractivity contribution in [3.8, 4) is 17.6 Å². The van der Waals surface area contributed by atoms with Gasteiger partial charge in [-0.05, 0) is 43.8 Å². The van der Waals surface area contributed by atoms with Gasteiger partial charge in [0.05, 0.1) is 6.61 Å². The van der Waals surface area contributed by atoms with Crippen molar-refractivity contribution in [1.29, 1.82) is 0 Å². The number of aliphatic hydroxyl groups excluding tert-OH is 1. The molecule has 0 aliphatic rings. The summed E-state index contributed by atoms with van der Waals surface area (Å²) >= 11 is 0. The Morgan fingerprint density at radius 1 is 1.14 bits per heavy atom. The molecule has 0 spiro atoms. The number of hydrogen-bond donors (Lipinski definition) is 1. The Labute approximate surface area is 128 Å². The second kappa shape index (κ2) is 11.2. The lowest BCUT2D eigenvalue weighted by atomic mass is 10.2. The van der Waals surface area contributed by atoms with E-state index < -0.39 is 0 Å². The fourth-order valence-corrected chi connectivity index (χ4v) is 1.96. The first-order valence-corrected chi connectivity index (χ1v) is 7.85. The fraction of sp³-hybridized carbons (Fsp3) is 0.556. The molecule has 0 amide bonds. The van der Waals surface area contributed by atoms with Crippen molar-refractivity contribution in [3.05, 3.63) is 29.8 Å². The van der Waals surface area contributed by atoms with Gasteiger partial charge in [0.25, 0.3) is 0 Å². The summed E-state index contributed by atoms with van der Waals surface area (Å²) in [5.74, 6) is 6.80. The molecule has 0 saturated heterocycles. The van der Waals surface area contributed by atoms with Crippen molar-refractivity contribution in [1.82, 2.24) is 4.90 Å². The lowest BCUT2D eigenvalue weighted by molar-refractivity contribution is 0.213. The van der Waals surface area contributed by atoms with Gasteiger partial charge in [0, 0.05) is 18.5 Å². The topological polar surface area (TPSA) is 32.7 Å². The fourth-order valence-electron chi connectivity index (χ4n) is 1.96. The molecule has 0 atom stereocenters. The Bertz CT molecular complexity index is 431. The molecule has 0 saturated carbocycles. The third-order valence-electron chi connectivity index (χ3n) is 3.28. The molecule has 21 heavy (non-hydrogen) atoms. The van der Waals surface area contributed by atoms with Crippen LogP contribution >= 0.6 is 0 Å². The van der Waals surface area contributed by atoms with Crippen LogP contribution in [0.5, 0.6) is 5.75 Å². The minimum absolute atomic E-state index is 0.111. The molecule has 0 unspecified atom stereocenters. The zero-order valence-electron chi connectivity index (χ0n) is 13.3. The highest BCUT2D eigenvalue weighted by Gasteiger charge is 2.01.